The summed E-state index contributed by atoms with van der Waals surface area (Å²) in [7, 11) is 1.99. The third kappa shape index (κ3) is 3.47. The van der Waals surface area contributed by atoms with Crippen molar-refractivity contribution in [2.45, 2.75) is 13.8 Å². The maximum Gasteiger partial charge on any atom is 0.309 e. The first-order valence-corrected chi connectivity index (χ1v) is 6.70. The van der Waals surface area contributed by atoms with E-state index in [2.05, 4.69) is 41.8 Å². The van der Waals surface area contributed by atoms with E-state index in [9.17, 15) is 9.90 Å². The highest BCUT2D eigenvalue weighted by atomic mass is 16.4. The summed E-state index contributed by atoms with van der Waals surface area (Å²) >= 11 is 0. The number of hydrogen-bond donors (Lipinski definition) is 1. The van der Waals surface area contributed by atoms with Gasteiger partial charge in [-0.25, -0.2) is 0 Å². The Morgan fingerprint density at radius 1 is 1.16 bits per heavy atom. The maximum atomic E-state index is 11.3. The Morgan fingerprint density at radius 2 is 1.79 bits per heavy atom. The Morgan fingerprint density at radius 3 is 2.37 bits per heavy atom. The molecular weight excluding hydrogens is 240 g/mol. The number of anilines is 1. The van der Waals surface area contributed by atoms with Gasteiger partial charge in [-0.15, -0.1) is 0 Å². The Labute approximate surface area is 114 Å². The first kappa shape index (κ1) is 13.9. The zero-order valence-corrected chi connectivity index (χ0v) is 11.9. The third-order valence-corrected chi connectivity index (χ3v) is 3.65. The van der Waals surface area contributed by atoms with Crippen LogP contribution in [0.5, 0.6) is 0 Å². The molecule has 1 saturated heterocycles. The largest absolute Gasteiger partial charge is 0.481 e. The SMILES string of the molecule is Cc1cc(C)cc(N2CCN(C)CC(C(=O)O)C2)c1. The van der Waals surface area contributed by atoms with Crippen LogP contribution >= 0.6 is 0 Å². The molecule has 19 heavy (non-hydrogen) atoms. The molecule has 2 rings (SSSR count). The zero-order valence-electron chi connectivity index (χ0n) is 11.9. The van der Waals surface area contributed by atoms with Crippen LogP contribution in [-0.4, -0.2) is 49.2 Å². The molecule has 0 aromatic heterocycles. The Bertz CT molecular complexity index is 453. The standard InChI is InChI=1S/C15H22N2O2/c1-11-6-12(2)8-14(7-11)17-5-4-16(3)9-13(10-17)15(18)19/h6-8,13H,4-5,9-10H2,1-3H3,(H,18,19). The van der Waals surface area contributed by atoms with Gasteiger partial charge >= 0.3 is 5.97 Å². The molecule has 0 amide bonds. The van der Waals surface area contributed by atoms with Crippen LogP contribution in [0.4, 0.5) is 5.69 Å². The summed E-state index contributed by atoms with van der Waals surface area (Å²) in [5.41, 5.74) is 3.58. The van der Waals surface area contributed by atoms with Crippen LogP contribution < -0.4 is 4.90 Å². The molecular formula is C15H22N2O2. The van der Waals surface area contributed by atoms with Crippen LogP contribution in [0.15, 0.2) is 18.2 Å². The van der Waals surface area contributed by atoms with Gasteiger partial charge in [-0.05, 0) is 44.2 Å². The fraction of sp³-hybridized carbons (Fsp3) is 0.533. The lowest BCUT2D eigenvalue weighted by atomic mass is 10.1. The number of aliphatic carboxylic acids is 1. The Kier molecular flexibility index (Phi) is 4.10. The van der Waals surface area contributed by atoms with Gasteiger partial charge in [0.1, 0.15) is 0 Å². The minimum absolute atomic E-state index is 0.326. The van der Waals surface area contributed by atoms with E-state index in [1.165, 1.54) is 11.1 Å². The molecule has 1 unspecified atom stereocenters. The highest BCUT2D eigenvalue weighted by molar-refractivity contribution is 5.71. The van der Waals surface area contributed by atoms with Crippen molar-refractivity contribution in [3.63, 3.8) is 0 Å². The van der Waals surface area contributed by atoms with Crippen molar-refractivity contribution in [1.82, 2.24) is 4.90 Å². The van der Waals surface area contributed by atoms with Gasteiger partial charge in [0.2, 0.25) is 0 Å². The smallest absolute Gasteiger partial charge is 0.309 e. The quantitative estimate of drug-likeness (QED) is 0.882. The molecule has 1 atom stereocenters. The molecule has 0 aliphatic carbocycles. The lowest BCUT2D eigenvalue weighted by Gasteiger charge is -2.25. The topological polar surface area (TPSA) is 43.8 Å². The van der Waals surface area contributed by atoms with Gasteiger partial charge in [-0.1, -0.05) is 6.07 Å². The van der Waals surface area contributed by atoms with Gasteiger partial charge in [0.05, 0.1) is 5.92 Å². The summed E-state index contributed by atoms with van der Waals surface area (Å²) < 4.78 is 0. The molecule has 4 heteroatoms. The number of aryl methyl sites for hydroxylation is 2. The number of rotatable bonds is 2. The van der Waals surface area contributed by atoms with Gasteiger partial charge in [-0.3, -0.25) is 4.79 Å². The van der Waals surface area contributed by atoms with E-state index >= 15 is 0 Å². The highest BCUT2D eigenvalue weighted by Gasteiger charge is 2.26. The average molecular weight is 262 g/mol. The molecule has 0 bridgehead atoms. The zero-order chi connectivity index (χ0) is 14.0. The molecule has 1 aliphatic heterocycles. The summed E-state index contributed by atoms with van der Waals surface area (Å²) in [6.45, 7) is 7.14. The molecule has 0 saturated carbocycles. The van der Waals surface area contributed by atoms with Crippen LogP contribution in [0.2, 0.25) is 0 Å². The van der Waals surface area contributed by atoms with Gasteiger partial charge in [-0.2, -0.15) is 0 Å². The maximum absolute atomic E-state index is 11.3. The number of carboxylic acid groups (broad SMARTS) is 1. The monoisotopic (exact) mass is 262 g/mol. The first-order valence-electron chi connectivity index (χ1n) is 6.70. The lowest BCUT2D eigenvalue weighted by molar-refractivity contribution is -0.141. The number of carbonyl (C=O) groups is 1. The number of benzene rings is 1. The fourth-order valence-corrected chi connectivity index (χ4v) is 2.70. The minimum atomic E-state index is -0.705. The van der Waals surface area contributed by atoms with Crippen LogP contribution in [0.25, 0.3) is 0 Å². The molecule has 4 nitrogen and oxygen atoms in total. The molecule has 1 aliphatic rings. The van der Waals surface area contributed by atoms with E-state index in [0.29, 0.717) is 13.1 Å². The number of hydrogen-bond acceptors (Lipinski definition) is 3. The third-order valence-electron chi connectivity index (χ3n) is 3.65. The van der Waals surface area contributed by atoms with Crippen molar-refractivity contribution in [2.24, 2.45) is 5.92 Å². The van der Waals surface area contributed by atoms with Crippen molar-refractivity contribution < 1.29 is 9.90 Å². The van der Waals surface area contributed by atoms with Gasteiger partial charge in [0, 0.05) is 31.9 Å². The summed E-state index contributed by atoms with van der Waals surface area (Å²) in [6.07, 6.45) is 0. The van der Waals surface area contributed by atoms with Crippen LogP contribution in [0, 0.1) is 19.8 Å². The van der Waals surface area contributed by atoms with Crippen LogP contribution in [0.3, 0.4) is 0 Å². The summed E-state index contributed by atoms with van der Waals surface area (Å²) in [5, 5.41) is 9.30. The molecule has 1 fully saturated rings. The van der Waals surface area contributed by atoms with E-state index in [-0.39, 0.29) is 5.92 Å². The molecule has 0 radical (unpaired) electrons. The van der Waals surface area contributed by atoms with Crippen molar-refractivity contribution in [1.29, 1.82) is 0 Å². The molecule has 1 N–H and O–H groups in total. The second-order valence-electron chi connectivity index (χ2n) is 5.59. The predicted octanol–water partition coefficient (Wildman–Crippen LogP) is 1.76. The van der Waals surface area contributed by atoms with Gasteiger partial charge in [0.15, 0.2) is 0 Å². The van der Waals surface area contributed by atoms with E-state index in [0.717, 1.165) is 18.8 Å². The summed E-state index contributed by atoms with van der Waals surface area (Å²) in [4.78, 5) is 15.6. The Hall–Kier alpha value is -1.55. The number of nitrogens with zero attached hydrogens (tertiary/aromatic N) is 2. The van der Waals surface area contributed by atoms with Crippen molar-refractivity contribution in [3.05, 3.63) is 29.3 Å². The fourth-order valence-electron chi connectivity index (χ4n) is 2.70. The summed E-state index contributed by atoms with van der Waals surface area (Å²) in [6, 6.07) is 6.41. The second kappa shape index (κ2) is 5.61. The van der Waals surface area contributed by atoms with Crippen molar-refractivity contribution in [2.75, 3.05) is 38.1 Å². The molecule has 1 aromatic carbocycles. The average Bonchev–Trinajstić information content (AvgIpc) is 2.50. The highest BCUT2D eigenvalue weighted by Crippen LogP contribution is 2.21. The summed E-state index contributed by atoms with van der Waals surface area (Å²) in [5.74, 6) is -1.03. The van der Waals surface area contributed by atoms with Crippen LogP contribution in [-0.2, 0) is 4.79 Å². The van der Waals surface area contributed by atoms with Gasteiger partial charge in [0.25, 0.3) is 0 Å². The molecule has 1 aromatic rings. The normalized spacial score (nSPS) is 21.2. The predicted molar refractivity (Wildman–Crippen MR) is 76.8 cm³/mol. The van der Waals surface area contributed by atoms with Crippen LogP contribution in [0.1, 0.15) is 11.1 Å². The molecule has 0 spiro atoms. The lowest BCUT2D eigenvalue weighted by Crippen LogP contribution is -2.34. The number of carboxylic acids is 1. The molecule has 1 heterocycles. The van der Waals surface area contributed by atoms with E-state index in [1.54, 1.807) is 0 Å². The van der Waals surface area contributed by atoms with E-state index in [4.69, 9.17) is 0 Å². The van der Waals surface area contributed by atoms with E-state index in [1.807, 2.05) is 7.05 Å². The van der Waals surface area contributed by atoms with E-state index < -0.39 is 5.97 Å². The Balaban J connectivity index is 2.24. The molecule has 104 valence electrons. The van der Waals surface area contributed by atoms with Gasteiger partial charge < -0.3 is 14.9 Å². The van der Waals surface area contributed by atoms with Crippen molar-refractivity contribution >= 4 is 11.7 Å². The number of likely N-dealkylation sites (N-methyl/N-ethyl adjacent to an activating group) is 1. The minimum Gasteiger partial charge on any atom is -0.481 e. The van der Waals surface area contributed by atoms with Crippen molar-refractivity contribution in [3.8, 4) is 0 Å². The first-order chi connectivity index (χ1) is 8.95. The second-order valence-corrected chi connectivity index (χ2v) is 5.59.